The number of piperazine rings is 1. The van der Waals surface area contributed by atoms with E-state index in [4.69, 9.17) is 9.69 Å². The van der Waals surface area contributed by atoms with Crippen molar-refractivity contribution >= 4 is 25.0 Å². The zero-order valence-electron chi connectivity index (χ0n) is 28.0. The van der Waals surface area contributed by atoms with Crippen LogP contribution in [0.2, 0.25) is 16.6 Å². The highest BCUT2D eigenvalue weighted by Crippen LogP contribution is 2.43. The predicted octanol–water partition coefficient (Wildman–Crippen LogP) is 7.65. The third-order valence-electron chi connectivity index (χ3n) is 9.73. The summed E-state index contributed by atoms with van der Waals surface area (Å²) in [4.78, 5) is 22.6. The van der Waals surface area contributed by atoms with Crippen LogP contribution in [0, 0.1) is 17.1 Å². The number of rotatable bonds is 11. The van der Waals surface area contributed by atoms with Crippen molar-refractivity contribution < 1.29 is 13.6 Å². The molecule has 0 aliphatic carbocycles. The second-order valence-electron chi connectivity index (χ2n) is 13.4. The number of aromatic nitrogens is 2. The van der Waals surface area contributed by atoms with Crippen LogP contribution in [0.15, 0.2) is 67.1 Å². The molecular formula is C37H46FN5O2Si. The van der Waals surface area contributed by atoms with Crippen LogP contribution < -0.4 is 4.43 Å². The number of nitriles is 1. The number of imidazole rings is 1. The molecule has 1 fully saturated rings. The van der Waals surface area contributed by atoms with Gasteiger partial charge in [-0.2, -0.15) is 5.26 Å². The summed E-state index contributed by atoms with van der Waals surface area (Å²) >= 11 is 0. The zero-order chi connectivity index (χ0) is 33.0. The molecule has 1 aliphatic heterocycles. The standard InChI is InChI=1S/C37H46FN5O2Si/c1-26(2)46(27(3)4,28(5)6)45-33-13-12-30-8-7-9-34(35(30)21-33)37(44)42-18-16-41(17-19-42)15-14-32-23-40-25-43(32)24-29-10-11-31(22-39)36(38)20-29/h7-13,20-21,23,25-28H,14-19,24H2,1-6H3. The predicted molar refractivity (Wildman–Crippen MR) is 184 cm³/mol. The molecule has 0 atom stereocenters. The Balaban J connectivity index is 1.23. The Kier molecular flexibility index (Phi) is 10.3. The van der Waals surface area contributed by atoms with Crippen LogP contribution in [0.5, 0.6) is 5.75 Å². The maximum Gasteiger partial charge on any atom is 0.258 e. The summed E-state index contributed by atoms with van der Waals surface area (Å²) in [7, 11) is -2.13. The molecule has 46 heavy (non-hydrogen) atoms. The molecule has 0 bridgehead atoms. The highest BCUT2D eigenvalue weighted by Gasteiger charge is 2.47. The molecule has 2 heterocycles. The molecule has 1 aliphatic rings. The average molecular weight is 640 g/mol. The molecular weight excluding hydrogens is 594 g/mol. The quantitative estimate of drug-likeness (QED) is 0.158. The lowest BCUT2D eigenvalue weighted by Gasteiger charge is -2.42. The van der Waals surface area contributed by atoms with Crippen molar-refractivity contribution in [3.05, 3.63) is 95.3 Å². The third kappa shape index (κ3) is 6.88. The minimum Gasteiger partial charge on any atom is -0.543 e. The Morgan fingerprint density at radius 2 is 1.70 bits per heavy atom. The fourth-order valence-corrected chi connectivity index (χ4v) is 12.6. The monoisotopic (exact) mass is 639 g/mol. The van der Waals surface area contributed by atoms with Gasteiger partial charge in [0.15, 0.2) is 0 Å². The van der Waals surface area contributed by atoms with Crippen LogP contribution in [0.4, 0.5) is 4.39 Å². The van der Waals surface area contributed by atoms with Crippen molar-refractivity contribution in [3.63, 3.8) is 0 Å². The molecule has 0 saturated carbocycles. The molecule has 9 heteroatoms. The fourth-order valence-electron chi connectivity index (χ4n) is 7.32. The second kappa shape index (κ2) is 14.2. The lowest BCUT2D eigenvalue weighted by atomic mass is 10.0. The van der Waals surface area contributed by atoms with Crippen molar-refractivity contribution in [1.29, 1.82) is 5.26 Å². The number of carbonyl (C=O) groups excluding carboxylic acids is 1. The summed E-state index contributed by atoms with van der Waals surface area (Å²) in [5.41, 5.74) is 4.02. The summed E-state index contributed by atoms with van der Waals surface area (Å²) in [6, 6.07) is 18.8. The SMILES string of the molecule is CC(C)[Si](Oc1ccc2cccc(C(=O)N3CCN(CCc4cncn4Cc4ccc(C#N)c(F)c4)CC3)c2c1)(C(C)C)C(C)C. The first-order chi connectivity index (χ1) is 22.0. The number of benzene rings is 3. The van der Waals surface area contributed by atoms with Gasteiger partial charge in [0.05, 0.1) is 11.9 Å². The Hall–Kier alpha value is -4.00. The van der Waals surface area contributed by atoms with Crippen LogP contribution in [-0.4, -0.2) is 66.3 Å². The first-order valence-corrected chi connectivity index (χ1v) is 18.6. The van der Waals surface area contributed by atoms with Gasteiger partial charge in [-0.1, -0.05) is 65.8 Å². The smallest absolute Gasteiger partial charge is 0.258 e. The van der Waals surface area contributed by atoms with E-state index in [1.54, 1.807) is 12.4 Å². The van der Waals surface area contributed by atoms with Gasteiger partial charge in [-0.25, -0.2) is 9.37 Å². The van der Waals surface area contributed by atoms with Gasteiger partial charge in [0, 0.05) is 63.1 Å². The normalized spacial score (nSPS) is 14.4. The van der Waals surface area contributed by atoms with E-state index in [1.165, 1.54) is 12.1 Å². The molecule has 3 aromatic carbocycles. The Labute approximate surface area is 273 Å². The van der Waals surface area contributed by atoms with E-state index in [0.717, 1.165) is 59.4 Å². The fraction of sp³-hybridized carbons (Fsp3) is 0.432. The molecule has 0 radical (unpaired) electrons. The van der Waals surface area contributed by atoms with Gasteiger partial charge in [0.25, 0.3) is 14.2 Å². The van der Waals surface area contributed by atoms with Crippen LogP contribution in [-0.2, 0) is 13.0 Å². The van der Waals surface area contributed by atoms with Crippen molar-refractivity contribution in [2.75, 3.05) is 32.7 Å². The average Bonchev–Trinajstić information content (AvgIpc) is 3.48. The van der Waals surface area contributed by atoms with Crippen LogP contribution in [0.3, 0.4) is 0 Å². The lowest BCUT2D eigenvalue weighted by Crippen LogP contribution is -2.50. The minimum atomic E-state index is -2.13. The summed E-state index contributed by atoms with van der Waals surface area (Å²) in [5, 5.41) is 11.0. The Bertz CT molecular complexity index is 1700. The highest BCUT2D eigenvalue weighted by atomic mass is 28.4. The number of nitrogens with zero attached hydrogens (tertiary/aromatic N) is 5. The number of carbonyl (C=O) groups is 1. The van der Waals surface area contributed by atoms with Crippen molar-refractivity contribution in [3.8, 4) is 11.8 Å². The molecule has 7 nitrogen and oxygen atoms in total. The topological polar surface area (TPSA) is 74.4 Å². The van der Waals surface area contributed by atoms with Gasteiger partial charge in [-0.05, 0) is 63.3 Å². The Morgan fingerprint density at radius 3 is 2.35 bits per heavy atom. The van der Waals surface area contributed by atoms with E-state index in [1.807, 2.05) is 33.9 Å². The molecule has 0 spiro atoms. The van der Waals surface area contributed by atoms with Gasteiger partial charge >= 0.3 is 0 Å². The maximum atomic E-state index is 14.1. The minimum absolute atomic E-state index is 0.0499. The van der Waals surface area contributed by atoms with Gasteiger partial charge < -0.3 is 13.9 Å². The van der Waals surface area contributed by atoms with Gasteiger partial charge in [0.2, 0.25) is 0 Å². The number of amides is 1. The lowest BCUT2D eigenvalue weighted by molar-refractivity contribution is 0.0640. The van der Waals surface area contributed by atoms with Crippen LogP contribution in [0.1, 0.15) is 68.7 Å². The summed E-state index contributed by atoms with van der Waals surface area (Å²) in [6.07, 6.45) is 4.42. The van der Waals surface area contributed by atoms with E-state index in [-0.39, 0.29) is 11.5 Å². The van der Waals surface area contributed by atoms with E-state index in [2.05, 4.69) is 75.7 Å². The molecule has 5 rings (SSSR count). The van der Waals surface area contributed by atoms with E-state index >= 15 is 0 Å². The van der Waals surface area contributed by atoms with Gasteiger partial charge in [-0.3, -0.25) is 9.69 Å². The Morgan fingerprint density at radius 1 is 0.978 bits per heavy atom. The van der Waals surface area contributed by atoms with Crippen molar-refractivity contribution in [1.82, 2.24) is 19.4 Å². The summed E-state index contributed by atoms with van der Waals surface area (Å²) < 4.78 is 23.1. The summed E-state index contributed by atoms with van der Waals surface area (Å²) in [5.74, 6) is 0.428. The van der Waals surface area contributed by atoms with Crippen LogP contribution in [0.25, 0.3) is 10.8 Å². The van der Waals surface area contributed by atoms with Crippen molar-refractivity contribution in [2.45, 2.75) is 71.1 Å². The number of hydrogen-bond acceptors (Lipinski definition) is 5. The van der Waals surface area contributed by atoms with Crippen molar-refractivity contribution in [2.24, 2.45) is 0 Å². The summed E-state index contributed by atoms with van der Waals surface area (Å²) in [6.45, 7) is 18.0. The molecule has 1 amide bonds. The van der Waals surface area contributed by atoms with Gasteiger partial charge in [0.1, 0.15) is 17.6 Å². The van der Waals surface area contributed by atoms with Gasteiger partial charge in [-0.15, -0.1) is 0 Å². The van der Waals surface area contributed by atoms with Crippen LogP contribution >= 0.6 is 0 Å². The third-order valence-corrected chi connectivity index (χ3v) is 15.7. The molecule has 4 aromatic rings. The van der Waals surface area contributed by atoms with E-state index in [0.29, 0.717) is 36.3 Å². The number of hydrogen-bond donors (Lipinski definition) is 0. The number of halogens is 1. The molecule has 242 valence electrons. The molecule has 0 N–H and O–H groups in total. The number of fused-ring (bicyclic) bond motifs is 1. The first kappa shape index (κ1) is 33.4. The highest BCUT2D eigenvalue weighted by molar-refractivity contribution is 6.78. The van der Waals surface area contributed by atoms with E-state index < -0.39 is 14.1 Å². The second-order valence-corrected chi connectivity index (χ2v) is 18.8. The molecule has 1 aromatic heterocycles. The largest absolute Gasteiger partial charge is 0.543 e. The molecule has 1 saturated heterocycles. The zero-order valence-corrected chi connectivity index (χ0v) is 29.0. The first-order valence-electron chi connectivity index (χ1n) is 16.4. The molecule has 0 unspecified atom stereocenters. The maximum absolute atomic E-state index is 14.1. The van der Waals surface area contributed by atoms with E-state index in [9.17, 15) is 9.18 Å².